The van der Waals surface area contributed by atoms with Gasteiger partial charge >= 0.3 is 0 Å². The highest BCUT2D eigenvalue weighted by atomic mass is 35.5. The van der Waals surface area contributed by atoms with E-state index in [0.717, 1.165) is 52.9 Å². The minimum Gasteiger partial charge on any atom is -0.352 e. The predicted octanol–water partition coefficient (Wildman–Crippen LogP) is 5.42. The van der Waals surface area contributed by atoms with Crippen LogP contribution in [0.25, 0.3) is 0 Å². The van der Waals surface area contributed by atoms with E-state index in [1.54, 1.807) is 25.1 Å². The molecule has 1 fully saturated rings. The molecule has 218 valence electrons. The number of halogens is 1. The van der Waals surface area contributed by atoms with E-state index in [-0.39, 0.29) is 18.5 Å². The summed E-state index contributed by atoms with van der Waals surface area (Å²) in [5.74, 6) is -0.705. The Bertz CT molecular complexity index is 1460. The van der Waals surface area contributed by atoms with Crippen molar-refractivity contribution in [3.8, 4) is 0 Å². The summed E-state index contributed by atoms with van der Waals surface area (Å²) in [6.45, 7) is 3.39. The van der Waals surface area contributed by atoms with Crippen molar-refractivity contribution in [2.45, 2.75) is 64.6 Å². The average Bonchev–Trinajstić information content (AvgIpc) is 3.45. The molecule has 0 radical (unpaired) electrons. The van der Waals surface area contributed by atoms with E-state index < -0.39 is 28.5 Å². The number of rotatable bonds is 11. The van der Waals surface area contributed by atoms with Gasteiger partial charge in [0.1, 0.15) is 12.6 Å². The van der Waals surface area contributed by atoms with Crippen LogP contribution >= 0.6 is 11.6 Å². The zero-order chi connectivity index (χ0) is 29.6. The number of benzene rings is 3. The van der Waals surface area contributed by atoms with Crippen LogP contribution in [0.4, 0.5) is 5.69 Å². The molecule has 1 aliphatic carbocycles. The Kier molecular flexibility index (Phi) is 10.1. The van der Waals surface area contributed by atoms with Crippen molar-refractivity contribution in [3.63, 3.8) is 0 Å². The lowest BCUT2D eigenvalue weighted by Gasteiger charge is -2.34. The predicted molar refractivity (Wildman–Crippen MR) is 164 cm³/mol. The number of hydrogen-bond donors (Lipinski definition) is 1. The number of carbonyl (C=O) groups is 2. The molecule has 7 nitrogen and oxygen atoms in total. The molecular formula is C32H38ClN3O4S. The molecule has 1 N–H and O–H groups in total. The fraction of sp³-hybridized carbons (Fsp3) is 0.375. The molecule has 3 aromatic carbocycles. The molecule has 1 aliphatic rings. The smallest absolute Gasteiger partial charge is 0.244 e. The summed E-state index contributed by atoms with van der Waals surface area (Å²) in [5, 5.41) is 3.58. The molecule has 0 bridgehead atoms. The van der Waals surface area contributed by atoms with Gasteiger partial charge in [-0.15, -0.1) is 0 Å². The van der Waals surface area contributed by atoms with Gasteiger partial charge in [-0.25, -0.2) is 8.42 Å². The molecule has 0 unspecified atom stereocenters. The van der Waals surface area contributed by atoms with Crippen molar-refractivity contribution in [1.82, 2.24) is 10.2 Å². The first-order valence-corrected chi connectivity index (χ1v) is 16.2. The Morgan fingerprint density at radius 1 is 0.927 bits per heavy atom. The normalized spacial score (nSPS) is 14.4. The number of amides is 2. The highest BCUT2D eigenvalue weighted by Gasteiger charge is 2.34. The molecule has 1 saturated carbocycles. The molecule has 2 amide bonds. The second-order valence-corrected chi connectivity index (χ2v) is 13.2. The van der Waals surface area contributed by atoms with Crippen LogP contribution in [0.2, 0.25) is 5.02 Å². The van der Waals surface area contributed by atoms with Gasteiger partial charge < -0.3 is 10.2 Å². The summed E-state index contributed by atoms with van der Waals surface area (Å²) in [7, 11) is -3.86. The van der Waals surface area contributed by atoms with Gasteiger partial charge in [0.05, 0.1) is 11.9 Å². The second kappa shape index (κ2) is 13.5. The molecule has 1 atom stereocenters. The number of anilines is 1. The maximum absolute atomic E-state index is 14.2. The average molecular weight is 596 g/mol. The molecule has 0 aliphatic heterocycles. The first-order chi connectivity index (χ1) is 19.5. The summed E-state index contributed by atoms with van der Waals surface area (Å²) < 4.78 is 27.1. The van der Waals surface area contributed by atoms with Gasteiger partial charge in [-0.05, 0) is 55.5 Å². The Morgan fingerprint density at radius 2 is 1.59 bits per heavy atom. The van der Waals surface area contributed by atoms with Crippen LogP contribution in [0.15, 0.2) is 72.8 Å². The Balaban J connectivity index is 1.74. The number of nitrogens with one attached hydrogen (secondary N) is 1. The van der Waals surface area contributed by atoms with Crippen LogP contribution in [0.1, 0.15) is 47.9 Å². The van der Waals surface area contributed by atoms with Gasteiger partial charge in [0.15, 0.2) is 0 Å². The topological polar surface area (TPSA) is 86.8 Å². The van der Waals surface area contributed by atoms with Crippen LogP contribution < -0.4 is 9.62 Å². The maximum atomic E-state index is 14.2. The third kappa shape index (κ3) is 8.11. The SMILES string of the molecule is Cc1ccc(CN(C(=O)CN(c2cccc(Cl)c2C)S(C)(=O)=O)[C@H](Cc2ccccc2)C(=O)NC2CCCC2)cc1. The Hall–Kier alpha value is -3.36. The van der Waals surface area contributed by atoms with E-state index in [1.807, 2.05) is 61.5 Å². The molecule has 41 heavy (non-hydrogen) atoms. The monoisotopic (exact) mass is 595 g/mol. The van der Waals surface area contributed by atoms with Gasteiger partial charge in [0, 0.05) is 24.0 Å². The zero-order valence-corrected chi connectivity index (χ0v) is 25.4. The third-order valence-corrected chi connectivity index (χ3v) is 9.17. The van der Waals surface area contributed by atoms with E-state index >= 15 is 0 Å². The Morgan fingerprint density at radius 3 is 2.22 bits per heavy atom. The standard InChI is InChI=1S/C32H38ClN3O4S/c1-23-16-18-26(19-17-23)21-35(31(37)22-36(41(3,39)40)29-15-9-14-28(33)24(29)2)30(20-25-10-5-4-6-11-25)32(38)34-27-12-7-8-13-27/h4-6,9-11,14-19,27,30H,7-8,12-13,20-22H2,1-3H3,(H,34,38)/t30-/m1/s1. The van der Waals surface area contributed by atoms with Crippen LogP contribution in [-0.4, -0.2) is 50.0 Å². The number of sulfonamides is 1. The first kappa shape index (κ1) is 30.6. The summed E-state index contributed by atoms with van der Waals surface area (Å²) in [4.78, 5) is 29.6. The van der Waals surface area contributed by atoms with Crippen molar-refractivity contribution in [1.29, 1.82) is 0 Å². The molecule has 9 heteroatoms. The molecule has 4 rings (SSSR count). The van der Waals surface area contributed by atoms with E-state index in [1.165, 1.54) is 4.90 Å². The fourth-order valence-corrected chi connectivity index (χ4v) is 6.34. The highest BCUT2D eigenvalue weighted by molar-refractivity contribution is 7.92. The number of carbonyl (C=O) groups excluding carboxylic acids is 2. The van der Waals surface area contributed by atoms with E-state index in [0.29, 0.717) is 22.7 Å². The van der Waals surface area contributed by atoms with Crippen molar-refractivity contribution in [2.24, 2.45) is 0 Å². The number of nitrogens with zero attached hydrogens (tertiary/aromatic N) is 2. The van der Waals surface area contributed by atoms with Crippen molar-refractivity contribution >= 4 is 39.1 Å². The summed E-state index contributed by atoms with van der Waals surface area (Å²) in [5.41, 5.74) is 3.72. The zero-order valence-electron chi connectivity index (χ0n) is 23.8. The van der Waals surface area contributed by atoms with Crippen LogP contribution in [0.3, 0.4) is 0 Å². The summed E-state index contributed by atoms with van der Waals surface area (Å²) in [6.07, 6.45) is 5.30. The summed E-state index contributed by atoms with van der Waals surface area (Å²) >= 11 is 6.32. The lowest BCUT2D eigenvalue weighted by Crippen LogP contribution is -2.54. The molecule has 3 aromatic rings. The van der Waals surface area contributed by atoms with Crippen LogP contribution in [0, 0.1) is 13.8 Å². The van der Waals surface area contributed by atoms with Gasteiger partial charge in [0.2, 0.25) is 21.8 Å². The Labute approximate surface area is 248 Å². The van der Waals surface area contributed by atoms with Crippen molar-refractivity contribution in [3.05, 3.63) is 100 Å². The van der Waals surface area contributed by atoms with Gasteiger partial charge in [-0.2, -0.15) is 0 Å². The number of aryl methyl sites for hydroxylation is 1. The van der Waals surface area contributed by atoms with Crippen molar-refractivity contribution in [2.75, 3.05) is 17.1 Å². The lowest BCUT2D eigenvalue weighted by molar-refractivity contribution is -0.140. The van der Waals surface area contributed by atoms with Gasteiger partial charge in [-0.3, -0.25) is 13.9 Å². The van der Waals surface area contributed by atoms with Crippen LogP contribution in [0.5, 0.6) is 0 Å². The van der Waals surface area contributed by atoms with E-state index in [4.69, 9.17) is 11.6 Å². The highest BCUT2D eigenvalue weighted by Crippen LogP contribution is 2.29. The van der Waals surface area contributed by atoms with Gasteiger partial charge in [0.25, 0.3) is 0 Å². The minimum atomic E-state index is -3.86. The second-order valence-electron chi connectivity index (χ2n) is 10.9. The third-order valence-electron chi connectivity index (χ3n) is 7.63. The first-order valence-electron chi connectivity index (χ1n) is 13.9. The molecule has 0 heterocycles. The quantitative estimate of drug-likeness (QED) is 0.321. The van der Waals surface area contributed by atoms with Crippen LogP contribution in [-0.2, 0) is 32.6 Å². The maximum Gasteiger partial charge on any atom is 0.244 e. The largest absolute Gasteiger partial charge is 0.352 e. The minimum absolute atomic E-state index is 0.0683. The number of hydrogen-bond acceptors (Lipinski definition) is 4. The molecule has 0 spiro atoms. The lowest BCUT2D eigenvalue weighted by atomic mass is 10.0. The molecule has 0 saturated heterocycles. The van der Waals surface area contributed by atoms with Gasteiger partial charge in [-0.1, -0.05) is 90.7 Å². The van der Waals surface area contributed by atoms with E-state index in [9.17, 15) is 18.0 Å². The van der Waals surface area contributed by atoms with E-state index in [2.05, 4.69) is 5.32 Å². The summed E-state index contributed by atoms with van der Waals surface area (Å²) in [6, 6.07) is 21.6. The van der Waals surface area contributed by atoms with Crippen molar-refractivity contribution < 1.29 is 18.0 Å². The molecular weight excluding hydrogens is 558 g/mol. The molecule has 0 aromatic heterocycles. The fourth-order valence-electron chi connectivity index (χ4n) is 5.27.